The Morgan fingerprint density at radius 2 is 1.64 bits per heavy atom. The molecule has 6 heteroatoms. The molecule has 2 aliphatic rings. The van der Waals surface area contributed by atoms with Crippen molar-refractivity contribution in [3.8, 4) is 0 Å². The van der Waals surface area contributed by atoms with Crippen LogP contribution in [0.4, 0.5) is 4.79 Å². The maximum absolute atomic E-state index is 13.4. The number of nitrogens with zero attached hydrogens (tertiary/aromatic N) is 2. The standard InChI is InChI=1S/C22H40N2O4/c1-20(2,3)28-19(27)23-13-10-17(14-23)24(18(26)22(6,7)15-25)16-8-11-21(4,5)12-9-16/h16-17,25H,8-15H2,1-7H3. The molecular weight excluding hydrogens is 356 g/mol. The summed E-state index contributed by atoms with van der Waals surface area (Å²) in [7, 11) is 0. The zero-order valence-electron chi connectivity index (χ0n) is 18.9. The summed E-state index contributed by atoms with van der Waals surface area (Å²) >= 11 is 0. The molecule has 1 saturated carbocycles. The summed E-state index contributed by atoms with van der Waals surface area (Å²) in [5.74, 6) is -0.00394. The van der Waals surface area contributed by atoms with E-state index in [2.05, 4.69) is 13.8 Å². The predicted molar refractivity (Wildman–Crippen MR) is 110 cm³/mol. The molecule has 0 bridgehead atoms. The monoisotopic (exact) mass is 396 g/mol. The molecule has 1 unspecified atom stereocenters. The average molecular weight is 397 g/mol. The summed E-state index contributed by atoms with van der Waals surface area (Å²) in [5.41, 5.74) is -1.03. The van der Waals surface area contributed by atoms with Crippen molar-refractivity contribution in [3.63, 3.8) is 0 Å². The molecule has 2 fully saturated rings. The van der Waals surface area contributed by atoms with Gasteiger partial charge in [-0.3, -0.25) is 4.79 Å². The fourth-order valence-corrected chi connectivity index (χ4v) is 4.17. The Bertz CT molecular complexity index is 570. The van der Waals surface area contributed by atoms with Gasteiger partial charge in [-0.1, -0.05) is 13.8 Å². The second-order valence-electron chi connectivity index (χ2n) is 11.0. The van der Waals surface area contributed by atoms with Crippen LogP contribution in [-0.4, -0.2) is 64.3 Å². The van der Waals surface area contributed by atoms with E-state index in [1.807, 2.05) is 25.7 Å². The number of likely N-dealkylation sites (tertiary alicyclic amines) is 1. The maximum Gasteiger partial charge on any atom is 0.410 e. The summed E-state index contributed by atoms with van der Waals surface area (Å²) in [6, 6.07) is 0.159. The lowest BCUT2D eigenvalue weighted by Crippen LogP contribution is -2.55. The Morgan fingerprint density at radius 3 is 2.14 bits per heavy atom. The van der Waals surface area contributed by atoms with Crippen LogP contribution in [0.15, 0.2) is 0 Å². The highest BCUT2D eigenvalue weighted by Gasteiger charge is 2.44. The highest BCUT2D eigenvalue weighted by atomic mass is 16.6. The van der Waals surface area contributed by atoms with Gasteiger partial charge in [0, 0.05) is 19.1 Å². The van der Waals surface area contributed by atoms with E-state index in [0.717, 1.165) is 32.1 Å². The fraction of sp³-hybridized carbons (Fsp3) is 0.909. The molecular formula is C22H40N2O4. The van der Waals surface area contributed by atoms with Crippen LogP contribution >= 0.6 is 0 Å². The van der Waals surface area contributed by atoms with Crippen molar-refractivity contribution < 1.29 is 19.4 Å². The Morgan fingerprint density at radius 1 is 1.07 bits per heavy atom. The maximum atomic E-state index is 13.4. The molecule has 2 amide bonds. The number of hydrogen-bond donors (Lipinski definition) is 1. The number of aliphatic hydroxyl groups is 1. The number of hydrogen-bond acceptors (Lipinski definition) is 4. The van der Waals surface area contributed by atoms with Crippen LogP contribution in [-0.2, 0) is 9.53 Å². The highest BCUT2D eigenvalue weighted by Crippen LogP contribution is 2.39. The number of carbonyl (C=O) groups is 2. The molecule has 1 N–H and O–H groups in total. The molecule has 0 aromatic rings. The van der Waals surface area contributed by atoms with Crippen LogP contribution in [0.5, 0.6) is 0 Å². The van der Waals surface area contributed by atoms with Crippen molar-refractivity contribution in [1.29, 1.82) is 0 Å². The zero-order valence-corrected chi connectivity index (χ0v) is 18.9. The number of aliphatic hydroxyl groups excluding tert-OH is 1. The third-order valence-electron chi connectivity index (χ3n) is 6.12. The van der Waals surface area contributed by atoms with E-state index in [1.54, 1.807) is 18.7 Å². The fourth-order valence-electron chi connectivity index (χ4n) is 4.17. The van der Waals surface area contributed by atoms with E-state index in [1.165, 1.54) is 0 Å². The Labute approximate surface area is 170 Å². The van der Waals surface area contributed by atoms with Gasteiger partial charge in [0.25, 0.3) is 0 Å². The van der Waals surface area contributed by atoms with Crippen LogP contribution in [0.2, 0.25) is 0 Å². The third kappa shape index (κ3) is 5.62. The highest BCUT2D eigenvalue weighted by molar-refractivity contribution is 5.83. The summed E-state index contributed by atoms with van der Waals surface area (Å²) in [6.45, 7) is 14.7. The van der Waals surface area contributed by atoms with Gasteiger partial charge in [-0.25, -0.2) is 4.79 Å². The van der Waals surface area contributed by atoms with E-state index in [4.69, 9.17) is 4.74 Å². The Hall–Kier alpha value is -1.30. The Kier molecular flexibility index (Phi) is 6.74. The van der Waals surface area contributed by atoms with E-state index < -0.39 is 11.0 Å². The first-order chi connectivity index (χ1) is 12.8. The van der Waals surface area contributed by atoms with Crippen molar-refractivity contribution >= 4 is 12.0 Å². The zero-order chi connectivity index (χ0) is 21.3. The quantitative estimate of drug-likeness (QED) is 0.784. The number of rotatable bonds is 4. The normalized spacial score (nSPS) is 23.6. The molecule has 1 saturated heterocycles. The van der Waals surface area contributed by atoms with Gasteiger partial charge < -0.3 is 19.6 Å². The molecule has 1 heterocycles. The number of amides is 2. The SMILES string of the molecule is CC1(C)CCC(N(C(=O)C(C)(C)CO)C2CCN(C(=O)OC(C)(C)C)C2)CC1. The lowest BCUT2D eigenvalue weighted by atomic mass is 9.74. The molecule has 1 atom stereocenters. The lowest BCUT2D eigenvalue weighted by molar-refractivity contribution is -0.149. The molecule has 162 valence electrons. The van der Waals surface area contributed by atoms with Gasteiger partial charge in [0.1, 0.15) is 5.60 Å². The van der Waals surface area contributed by atoms with Crippen LogP contribution in [0.1, 0.15) is 80.6 Å². The van der Waals surface area contributed by atoms with E-state index in [9.17, 15) is 14.7 Å². The molecule has 1 aliphatic heterocycles. The smallest absolute Gasteiger partial charge is 0.410 e. The van der Waals surface area contributed by atoms with Crippen molar-refractivity contribution in [2.24, 2.45) is 10.8 Å². The first kappa shape index (κ1) is 23.0. The number of ether oxygens (including phenoxy) is 1. The van der Waals surface area contributed by atoms with Crippen LogP contribution in [0, 0.1) is 10.8 Å². The Balaban J connectivity index is 2.16. The molecule has 0 spiro atoms. The van der Waals surface area contributed by atoms with Gasteiger partial charge in [0.05, 0.1) is 18.1 Å². The minimum atomic E-state index is -0.813. The lowest BCUT2D eigenvalue weighted by Gasteiger charge is -2.45. The van der Waals surface area contributed by atoms with Gasteiger partial charge in [0.2, 0.25) is 5.91 Å². The summed E-state index contributed by atoms with van der Waals surface area (Å²) in [6.07, 6.45) is 4.57. The molecule has 1 aliphatic carbocycles. The first-order valence-electron chi connectivity index (χ1n) is 10.7. The molecule has 0 aromatic heterocycles. The van der Waals surface area contributed by atoms with E-state index in [0.29, 0.717) is 18.5 Å². The van der Waals surface area contributed by atoms with Crippen molar-refractivity contribution in [3.05, 3.63) is 0 Å². The minimum Gasteiger partial charge on any atom is -0.444 e. The minimum absolute atomic E-state index is 0.00394. The molecule has 0 aromatic carbocycles. The van der Waals surface area contributed by atoms with Gasteiger partial charge in [0.15, 0.2) is 0 Å². The molecule has 28 heavy (non-hydrogen) atoms. The second-order valence-corrected chi connectivity index (χ2v) is 11.0. The molecule has 0 radical (unpaired) electrons. The average Bonchev–Trinajstić information content (AvgIpc) is 3.04. The van der Waals surface area contributed by atoms with Crippen LogP contribution < -0.4 is 0 Å². The predicted octanol–water partition coefficient (Wildman–Crippen LogP) is 3.81. The van der Waals surface area contributed by atoms with E-state index in [-0.39, 0.29) is 30.7 Å². The van der Waals surface area contributed by atoms with Crippen molar-refractivity contribution in [1.82, 2.24) is 9.80 Å². The topological polar surface area (TPSA) is 70.1 Å². The summed E-state index contributed by atoms with van der Waals surface area (Å²) in [5, 5.41) is 9.77. The molecule has 2 rings (SSSR count). The van der Waals surface area contributed by atoms with Crippen molar-refractivity contribution in [2.75, 3.05) is 19.7 Å². The van der Waals surface area contributed by atoms with Gasteiger partial charge >= 0.3 is 6.09 Å². The largest absolute Gasteiger partial charge is 0.444 e. The molecule has 6 nitrogen and oxygen atoms in total. The van der Waals surface area contributed by atoms with Gasteiger partial charge in [-0.05, 0) is 72.1 Å². The van der Waals surface area contributed by atoms with Crippen LogP contribution in [0.25, 0.3) is 0 Å². The van der Waals surface area contributed by atoms with E-state index >= 15 is 0 Å². The van der Waals surface area contributed by atoms with Crippen molar-refractivity contribution in [2.45, 2.75) is 98.3 Å². The number of carbonyl (C=O) groups excluding carboxylic acids is 2. The third-order valence-corrected chi connectivity index (χ3v) is 6.12. The summed E-state index contributed by atoms with van der Waals surface area (Å²) < 4.78 is 5.51. The first-order valence-corrected chi connectivity index (χ1v) is 10.7. The van der Waals surface area contributed by atoms with Gasteiger partial charge in [-0.2, -0.15) is 0 Å². The van der Waals surface area contributed by atoms with Gasteiger partial charge in [-0.15, -0.1) is 0 Å². The second kappa shape index (κ2) is 8.21. The summed E-state index contributed by atoms with van der Waals surface area (Å²) in [4.78, 5) is 29.6. The van der Waals surface area contributed by atoms with Crippen LogP contribution in [0.3, 0.4) is 0 Å².